The third-order valence-corrected chi connectivity index (χ3v) is 2.83. The lowest BCUT2D eigenvalue weighted by Crippen LogP contribution is -1.99. The number of nitrogen functional groups attached to an aromatic ring is 1. The average Bonchev–Trinajstić information content (AvgIpc) is 2.90. The number of ketones is 1. The van der Waals surface area contributed by atoms with Crippen LogP contribution < -0.4 is 5.73 Å². The third-order valence-electron chi connectivity index (χ3n) is 2.83. The molecule has 0 bridgehead atoms. The number of carbonyl (C=O) groups excluding carboxylic acids is 1. The summed E-state index contributed by atoms with van der Waals surface area (Å²) in [7, 11) is 0. The van der Waals surface area contributed by atoms with Crippen LogP contribution in [0, 0.1) is 17.6 Å². The topological polar surface area (TPSA) is 43.1 Å². The molecule has 1 aliphatic rings. The highest BCUT2D eigenvalue weighted by molar-refractivity contribution is 5.82. The molecule has 1 saturated carbocycles. The van der Waals surface area contributed by atoms with Crippen LogP contribution in [0.25, 0.3) is 0 Å². The molecule has 15 heavy (non-hydrogen) atoms. The first kappa shape index (κ1) is 10.1. The molecule has 2 atom stereocenters. The van der Waals surface area contributed by atoms with E-state index < -0.39 is 11.6 Å². The maximum atomic E-state index is 13.4. The Morgan fingerprint density at radius 3 is 2.60 bits per heavy atom. The standard InChI is InChI=1S/C11H11F2NO/c1-5(15)6-2-7(6)8-3-10(13)11(14)4-9(8)12/h3-4,6-7H,2,14H2,1H3. The lowest BCUT2D eigenvalue weighted by atomic mass is 10.1. The summed E-state index contributed by atoms with van der Waals surface area (Å²) in [6, 6.07) is 2.07. The summed E-state index contributed by atoms with van der Waals surface area (Å²) in [5.41, 5.74) is 5.29. The molecule has 1 aliphatic carbocycles. The smallest absolute Gasteiger partial charge is 0.146 e. The van der Waals surface area contributed by atoms with Crippen molar-refractivity contribution in [2.75, 3.05) is 5.73 Å². The summed E-state index contributed by atoms with van der Waals surface area (Å²) in [5.74, 6) is -1.44. The number of hydrogen-bond acceptors (Lipinski definition) is 2. The zero-order valence-corrected chi connectivity index (χ0v) is 8.26. The molecule has 0 heterocycles. The van der Waals surface area contributed by atoms with Crippen LogP contribution in [0.1, 0.15) is 24.8 Å². The Hall–Kier alpha value is -1.45. The minimum atomic E-state index is -0.624. The largest absolute Gasteiger partial charge is 0.396 e. The molecule has 0 spiro atoms. The minimum Gasteiger partial charge on any atom is -0.396 e. The Balaban J connectivity index is 2.31. The molecule has 2 unspecified atom stereocenters. The molecule has 0 radical (unpaired) electrons. The van der Waals surface area contributed by atoms with Crippen molar-refractivity contribution in [2.45, 2.75) is 19.3 Å². The number of halogens is 2. The Kier molecular flexibility index (Phi) is 2.21. The predicted molar refractivity (Wildman–Crippen MR) is 52.3 cm³/mol. The summed E-state index contributed by atoms with van der Waals surface area (Å²) in [4.78, 5) is 11.0. The molecule has 0 aromatic heterocycles. The van der Waals surface area contributed by atoms with Gasteiger partial charge in [0.2, 0.25) is 0 Å². The summed E-state index contributed by atoms with van der Waals surface area (Å²) in [5, 5.41) is 0. The SMILES string of the molecule is CC(=O)C1CC1c1cc(F)c(N)cc1F. The van der Waals surface area contributed by atoms with Crippen LogP contribution in [-0.4, -0.2) is 5.78 Å². The fourth-order valence-electron chi connectivity index (χ4n) is 1.85. The van der Waals surface area contributed by atoms with Crippen molar-refractivity contribution < 1.29 is 13.6 Å². The van der Waals surface area contributed by atoms with E-state index in [9.17, 15) is 13.6 Å². The van der Waals surface area contributed by atoms with Gasteiger partial charge in [-0.1, -0.05) is 0 Å². The minimum absolute atomic E-state index is 0.0247. The molecular weight excluding hydrogens is 200 g/mol. The highest BCUT2D eigenvalue weighted by Crippen LogP contribution is 2.49. The maximum absolute atomic E-state index is 13.4. The second-order valence-corrected chi connectivity index (χ2v) is 3.95. The number of anilines is 1. The average molecular weight is 211 g/mol. The van der Waals surface area contributed by atoms with Crippen LogP contribution in [0.4, 0.5) is 14.5 Å². The number of Topliss-reactive ketones (excluding diaryl/α,β-unsaturated/α-hetero) is 1. The van der Waals surface area contributed by atoms with E-state index in [1.165, 1.54) is 6.92 Å². The predicted octanol–water partition coefficient (Wildman–Crippen LogP) is 2.24. The quantitative estimate of drug-likeness (QED) is 0.762. The molecule has 2 nitrogen and oxygen atoms in total. The molecule has 1 fully saturated rings. The highest BCUT2D eigenvalue weighted by Gasteiger charge is 2.43. The van der Waals surface area contributed by atoms with Crippen LogP contribution in [0.3, 0.4) is 0 Å². The molecule has 2 rings (SSSR count). The van der Waals surface area contributed by atoms with Crippen LogP contribution in [0.15, 0.2) is 12.1 Å². The van der Waals surface area contributed by atoms with Crippen molar-refractivity contribution in [3.63, 3.8) is 0 Å². The summed E-state index contributed by atoms with van der Waals surface area (Å²) in [6.07, 6.45) is 0.607. The van der Waals surface area contributed by atoms with E-state index in [0.29, 0.717) is 6.42 Å². The summed E-state index contributed by atoms with van der Waals surface area (Å²) in [6.45, 7) is 1.47. The van der Waals surface area contributed by atoms with Gasteiger partial charge in [0.1, 0.15) is 17.4 Å². The zero-order valence-electron chi connectivity index (χ0n) is 8.26. The van der Waals surface area contributed by atoms with Gasteiger partial charge in [0.15, 0.2) is 0 Å². The Morgan fingerprint density at radius 2 is 2.07 bits per heavy atom. The molecule has 2 N–H and O–H groups in total. The second kappa shape index (κ2) is 3.29. The van der Waals surface area contributed by atoms with Gasteiger partial charge in [0, 0.05) is 12.0 Å². The fraction of sp³-hybridized carbons (Fsp3) is 0.364. The van der Waals surface area contributed by atoms with E-state index >= 15 is 0 Å². The normalized spacial score (nSPS) is 23.9. The summed E-state index contributed by atoms with van der Waals surface area (Å²) < 4.78 is 26.5. The molecular formula is C11H11F2NO. The third kappa shape index (κ3) is 1.71. The van der Waals surface area contributed by atoms with Gasteiger partial charge in [-0.15, -0.1) is 0 Å². The van der Waals surface area contributed by atoms with Gasteiger partial charge in [-0.2, -0.15) is 0 Å². The van der Waals surface area contributed by atoms with Crippen LogP contribution >= 0.6 is 0 Å². The van der Waals surface area contributed by atoms with Crippen molar-refractivity contribution in [2.24, 2.45) is 5.92 Å². The van der Waals surface area contributed by atoms with Gasteiger partial charge in [0.05, 0.1) is 5.69 Å². The molecule has 0 amide bonds. The second-order valence-electron chi connectivity index (χ2n) is 3.95. The first-order valence-electron chi connectivity index (χ1n) is 4.75. The Bertz CT molecular complexity index is 431. The van der Waals surface area contributed by atoms with Gasteiger partial charge in [-0.05, 0) is 30.9 Å². The monoisotopic (exact) mass is 211 g/mol. The molecule has 0 saturated heterocycles. The molecule has 1 aromatic rings. The number of hydrogen-bond donors (Lipinski definition) is 1. The highest BCUT2D eigenvalue weighted by atomic mass is 19.1. The van der Waals surface area contributed by atoms with E-state index in [4.69, 9.17) is 5.73 Å². The maximum Gasteiger partial charge on any atom is 0.146 e. The zero-order chi connectivity index (χ0) is 11.2. The number of nitrogens with two attached hydrogens (primary N) is 1. The van der Waals surface area contributed by atoms with Gasteiger partial charge in [-0.3, -0.25) is 4.79 Å². The number of benzene rings is 1. The van der Waals surface area contributed by atoms with Crippen molar-refractivity contribution in [3.8, 4) is 0 Å². The lowest BCUT2D eigenvalue weighted by Gasteiger charge is -2.04. The summed E-state index contributed by atoms with van der Waals surface area (Å²) >= 11 is 0. The van der Waals surface area contributed by atoms with Crippen LogP contribution in [0.5, 0.6) is 0 Å². The van der Waals surface area contributed by atoms with Gasteiger partial charge in [-0.25, -0.2) is 8.78 Å². The van der Waals surface area contributed by atoms with Crippen molar-refractivity contribution >= 4 is 11.5 Å². The van der Waals surface area contributed by atoms with E-state index in [0.717, 1.165) is 12.1 Å². The van der Waals surface area contributed by atoms with Crippen molar-refractivity contribution in [1.29, 1.82) is 0 Å². The Labute approximate surface area is 86.1 Å². The molecule has 1 aromatic carbocycles. The van der Waals surface area contributed by atoms with Gasteiger partial charge >= 0.3 is 0 Å². The van der Waals surface area contributed by atoms with Crippen LogP contribution in [-0.2, 0) is 4.79 Å². The van der Waals surface area contributed by atoms with E-state index in [1.807, 2.05) is 0 Å². The molecule has 0 aliphatic heterocycles. The van der Waals surface area contributed by atoms with Crippen molar-refractivity contribution in [3.05, 3.63) is 29.3 Å². The van der Waals surface area contributed by atoms with E-state index in [-0.39, 0.29) is 28.9 Å². The van der Waals surface area contributed by atoms with Crippen molar-refractivity contribution in [1.82, 2.24) is 0 Å². The first-order valence-corrected chi connectivity index (χ1v) is 4.75. The first-order chi connectivity index (χ1) is 7.00. The number of carbonyl (C=O) groups is 1. The van der Waals surface area contributed by atoms with E-state index in [1.54, 1.807) is 0 Å². The molecule has 80 valence electrons. The van der Waals surface area contributed by atoms with Gasteiger partial charge < -0.3 is 5.73 Å². The Morgan fingerprint density at radius 1 is 1.40 bits per heavy atom. The molecule has 4 heteroatoms. The lowest BCUT2D eigenvalue weighted by molar-refractivity contribution is -0.118. The van der Waals surface area contributed by atoms with E-state index in [2.05, 4.69) is 0 Å². The number of rotatable bonds is 2. The van der Waals surface area contributed by atoms with Crippen LogP contribution in [0.2, 0.25) is 0 Å². The fourth-order valence-corrected chi connectivity index (χ4v) is 1.85. The van der Waals surface area contributed by atoms with Gasteiger partial charge in [0.25, 0.3) is 0 Å².